The van der Waals surface area contributed by atoms with Crippen molar-refractivity contribution in [3.8, 4) is 0 Å². The highest BCUT2D eigenvalue weighted by Crippen LogP contribution is 2.20. The SMILES string of the molecule is CNC(=O)[C@H](Cc1ccccc1)N(Cc1cccc(C)c1)C(=O)CSCc1ccc(Br)cc1. The van der Waals surface area contributed by atoms with Gasteiger partial charge in [0.15, 0.2) is 0 Å². The summed E-state index contributed by atoms with van der Waals surface area (Å²) in [5, 5.41) is 2.76. The molecular weight excluding hydrogens is 496 g/mol. The molecule has 0 aliphatic rings. The molecule has 0 saturated heterocycles. The average molecular weight is 526 g/mol. The third-order valence-corrected chi connectivity index (χ3v) is 6.88. The van der Waals surface area contributed by atoms with Crippen LogP contribution in [0.5, 0.6) is 0 Å². The van der Waals surface area contributed by atoms with Crippen LogP contribution in [-0.4, -0.2) is 35.6 Å². The molecule has 1 atom stereocenters. The van der Waals surface area contributed by atoms with Crippen molar-refractivity contribution in [2.45, 2.75) is 31.7 Å². The second-order valence-electron chi connectivity index (χ2n) is 7.95. The lowest BCUT2D eigenvalue weighted by molar-refractivity contribution is -0.139. The van der Waals surface area contributed by atoms with Crippen molar-refractivity contribution in [1.82, 2.24) is 10.2 Å². The number of carbonyl (C=O) groups excluding carboxylic acids is 2. The zero-order valence-corrected chi connectivity index (χ0v) is 21.4. The second-order valence-corrected chi connectivity index (χ2v) is 9.85. The third kappa shape index (κ3) is 7.76. The number of halogens is 1. The van der Waals surface area contributed by atoms with Crippen LogP contribution in [0.2, 0.25) is 0 Å². The fourth-order valence-corrected chi connectivity index (χ4v) is 4.78. The molecule has 3 aromatic carbocycles. The summed E-state index contributed by atoms with van der Waals surface area (Å²) in [5.41, 5.74) is 4.33. The minimum atomic E-state index is -0.585. The highest BCUT2D eigenvalue weighted by atomic mass is 79.9. The molecule has 3 rings (SSSR count). The molecule has 2 amide bonds. The van der Waals surface area contributed by atoms with Crippen LogP contribution in [0.1, 0.15) is 22.3 Å². The molecule has 172 valence electrons. The normalized spacial score (nSPS) is 11.6. The van der Waals surface area contributed by atoms with Gasteiger partial charge in [-0.25, -0.2) is 0 Å². The van der Waals surface area contributed by atoms with Gasteiger partial charge in [-0.2, -0.15) is 0 Å². The lowest BCUT2D eigenvalue weighted by Gasteiger charge is -2.31. The Hall–Kier alpha value is -2.57. The molecule has 0 heterocycles. The van der Waals surface area contributed by atoms with Gasteiger partial charge in [0.1, 0.15) is 6.04 Å². The van der Waals surface area contributed by atoms with Gasteiger partial charge in [-0.05, 0) is 35.7 Å². The maximum Gasteiger partial charge on any atom is 0.242 e. The molecule has 0 aromatic heterocycles. The number of thioether (sulfide) groups is 1. The van der Waals surface area contributed by atoms with E-state index in [1.54, 1.807) is 23.7 Å². The Labute approximate surface area is 208 Å². The van der Waals surface area contributed by atoms with Crippen LogP contribution >= 0.6 is 27.7 Å². The smallest absolute Gasteiger partial charge is 0.242 e. The highest BCUT2D eigenvalue weighted by molar-refractivity contribution is 9.10. The molecule has 3 aromatic rings. The van der Waals surface area contributed by atoms with E-state index in [2.05, 4.69) is 39.4 Å². The summed E-state index contributed by atoms with van der Waals surface area (Å²) in [6.45, 7) is 2.42. The number of benzene rings is 3. The zero-order valence-electron chi connectivity index (χ0n) is 19.0. The van der Waals surface area contributed by atoms with Gasteiger partial charge in [0, 0.05) is 30.2 Å². The molecule has 0 saturated carbocycles. The standard InChI is InChI=1S/C27H29BrN2O2S/c1-20-7-6-10-23(15-20)17-30(25(27(32)29-2)16-21-8-4-3-5-9-21)26(31)19-33-18-22-11-13-24(28)14-12-22/h3-15,25H,16-19H2,1-2H3,(H,29,32)/t25-/m0/s1. The molecule has 33 heavy (non-hydrogen) atoms. The highest BCUT2D eigenvalue weighted by Gasteiger charge is 2.29. The van der Waals surface area contributed by atoms with Crippen molar-refractivity contribution >= 4 is 39.5 Å². The summed E-state index contributed by atoms with van der Waals surface area (Å²) >= 11 is 5.02. The van der Waals surface area contributed by atoms with Crippen LogP contribution in [0.4, 0.5) is 0 Å². The zero-order chi connectivity index (χ0) is 23.6. The molecule has 6 heteroatoms. The predicted octanol–water partition coefficient (Wildman–Crippen LogP) is 5.38. The molecule has 0 aliphatic heterocycles. The molecule has 0 aliphatic carbocycles. The lowest BCUT2D eigenvalue weighted by Crippen LogP contribution is -2.50. The van der Waals surface area contributed by atoms with Crippen molar-refractivity contribution in [1.29, 1.82) is 0 Å². The van der Waals surface area contributed by atoms with Gasteiger partial charge < -0.3 is 10.2 Å². The van der Waals surface area contributed by atoms with Gasteiger partial charge >= 0.3 is 0 Å². The fourth-order valence-electron chi connectivity index (χ4n) is 3.65. The first kappa shape index (κ1) is 25.1. The molecule has 0 fully saturated rings. The minimum Gasteiger partial charge on any atom is -0.357 e. The monoisotopic (exact) mass is 524 g/mol. The van der Waals surface area contributed by atoms with Crippen LogP contribution in [0.15, 0.2) is 83.3 Å². The number of hydrogen-bond acceptors (Lipinski definition) is 3. The Morgan fingerprint density at radius 1 is 0.939 bits per heavy atom. The Morgan fingerprint density at radius 3 is 2.30 bits per heavy atom. The Morgan fingerprint density at radius 2 is 1.64 bits per heavy atom. The molecule has 0 radical (unpaired) electrons. The second kappa shape index (κ2) is 12.6. The molecule has 1 N–H and O–H groups in total. The first-order valence-electron chi connectivity index (χ1n) is 10.9. The number of rotatable bonds is 10. The lowest BCUT2D eigenvalue weighted by atomic mass is 10.0. The number of likely N-dealkylation sites (N-methyl/N-ethyl adjacent to an activating group) is 1. The van der Waals surface area contributed by atoms with Crippen molar-refractivity contribution in [3.63, 3.8) is 0 Å². The van der Waals surface area contributed by atoms with E-state index in [0.29, 0.717) is 18.7 Å². The molecular formula is C27H29BrN2O2S. The summed E-state index contributed by atoms with van der Waals surface area (Å²) in [7, 11) is 1.62. The molecule has 0 spiro atoms. The van der Waals surface area contributed by atoms with Crippen LogP contribution in [0, 0.1) is 6.92 Å². The first-order valence-corrected chi connectivity index (χ1v) is 12.8. The number of nitrogens with zero attached hydrogens (tertiary/aromatic N) is 1. The van der Waals surface area contributed by atoms with Crippen molar-refractivity contribution in [2.75, 3.05) is 12.8 Å². The Balaban J connectivity index is 1.80. The van der Waals surface area contributed by atoms with E-state index in [1.807, 2.05) is 67.6 Å². The number of hydrogen-bond donors (Lipinski definition) is 1. The van der Waals surface area contributed by atoms with Crippen LogP contribution in [0.3, 0.4) is 0 Å². The van der Waals surface area contributed by atoms with E-state index >= 15 is 0 Å². The van der Waals surface area contributed by atoms with E-state index in [-0.39, 0.29) is 11.8 Å². The number of nitrogens with one attached hydrogen (secondary N) is 1. The third-order valence-electron chi connectivity index (χ3n) is 5.36. The molecule has 0 bridgehead atoms. The van der Waals surface area contributed by atoms with Crippen LogP contribution in [0.25, 0.3) is 0 Å². The van der Waals surface area contributed by atoms with Gasteiger partial charge in [0.05, 0.1) is 5.75 Å². The summed E-state index contributed by atoms with van der Waals surface area (Å²) in [6, 6.07) is 25.5. The van der Waals surface area contributed by atoms with E-state index in [4.69, 9.17) is 0 Å². The van der Waals surface area contributed by atoms with Gasteiger partial charge in [0.2, 0.25) is 11.8 Å². The predicted molar refractivity (Wildman–Crippen MR) is 140 cm³/mol. The summed E-state index contributed by atoms with van der Waals surface area (Å²) in [4.78, 5) is 28.1. The summed E-state index contributed by atoms with van der Waals surface area (Å²) in [5.74, 6) is 0.853. The van der Waals surface area contributed by atoms with E-state index in [1.165, 1.54) is 0 Å². The number of amides is 2. The number of aryl methyl sites for hydroxylation is 1. The maximum absolute atomic E-state index is 13.4. The van der Waals surface area contributed by atoms with E-state index in [0.717, 1.165) is 32.5 Å². The van der Waals surface area contributed by atoms with Gasteiger partial charge in [-0.1, -0.05) is 88.2 Å². The topological polar surface area (TPSA) is 49.4 Å². The van der Waals surface area contributed by atoms with Gasteiger partial charge in [-0.3, -0.25) is 9.59 Å². The molecule has 4 nitrogen and oxygen atoms in total. The van der Waals surface area contributed by atoms with Crippen molar-refractivity contribution < 1.29 is 9.59 Å². The average Bonchev–Trinajstić information content (AvgIpc) is 2.82. The van der Waals surface area contributed by atoms with Crippen LogP contribution < -0.4 is 5.32 Å². The van der Waals surface area contributed by atoms with Gasteiger partial charge in [0.25, 0.3) is 0 Å². The van der Waals surface area contributed by atoms with E-state index in [9.17, 15) is 9.59 Å². The summed E-state index contributed by atoms with van der Waals surface area (Å²) < 4.78 is 1.03. The molecule has 0 unspecified atom stereocenters. The number of carbonyl (C=O) groups is 2. The van der Waals surface area contributed by atoms with Crippen molar-refractivity contribution in [2.24, 2.45) is 0 Å². The largest absolute Gasteiger partial charge is 0.357 e. The van der Waals surface area contributed by atoms with Crippen molar-refractivity contribution in [3.05, 3.63) is 106 Å². The Bertz CT molecular complexity index is 1060. The fraction of sp³-hybridized carbons (Fsp3) is 0.259. The Kier molecular flexibility index (Phi) is 9.58. The first-order chi connectivity index (χ1) is 16.0. The van der Waals surface area contributed by atoms with E-state index < -0.39 is 6.04 Å². The maximum atomic E-state index is 13.4. The van der Waals surface area contributed by atoms with Gasteiger partial charge in [-0.15, -0.1) is 11.8 Å². The van der Waals surface area contributed by atoms with Crippen LogP contribution in [-0.2, 0) is 28.3 Å². The minimum absolute atomic E-state index is 0.0388. The quantitative estimate of drug-likeness (QED) is 0.387. The summed E-state index contributed by atoms with van der Waals surface area (Å²) in [6.07, 6.45) is 0.468.